The summed E-state index contributed by atoms with van der Waals surface area (Å²) in [4.78, 5) is 15.1. The number of benzene rings is 7. The third kappa shape index (κ3) is 3.71. The summed E-state index contributed by atoms with van der Waals surface area (Å²) in [7, 11) is 0. The normalized spacial score (nSPS) is 15.3. The van der Waals surface area contributed by atoms with Crippen LogP contribution in [0.4, 0.5) is 0 Å². The van der Waals surface area contributed by atoms with Crippen molar-refractivity contribution in [2.45, 2.75) is 5.41 Å². The standard InChI is InChI=1S/C44H27N3/c1-3-13-28(14-4-1)41-45-42(29-15-5-2-6-16-29)47-43(46-41)32-23-24-35-33-19-9-11-21-37(33)44(39(35)27-32)38-22-12-10-20-34(38)36-25-30-17-7-8-18-31(30)26-40(36)44/h1-27H. The molecule has 1 atom stereocenters. The van der Waals surface area contributed by atoms with E-state index < -0.39 is 5.41 Å². The molecule has 0 saturated heterocycles. The average molecular weight is 598 g/mol. The first kappa shape index (κ1) is 26.1. The SMILES string of the molecule is c1ccc(-c2nc(-c3ccccc3)nc(-c3ccc4c(c3)C3(c5ccccc5-4)c4ccccc4-c4cc5ccccc5cc43)n2)cc1. The van der Waals surface area contributed by atoms with E-state index in [1.807, 2.05) is 36.4 Å². The highest BCUT2D eigenvalue weighted by Crippen LogP contribution is 2.63. The highest BCUT2D eigenvalue weighted by Gasteiger charge is 2.51. The molecule has 3 heteroatoms. The van der Waals surface area contributed by atoms with Crippen molar-refractivity contribution in [2.24, 2.45) is 0 Å². The van der Waals surface area contributed by atoms with E-state index in [0.717, 1.165) is 16.7 Å². The maximum absolute atomic E-state index is 5.10. The lowest BCUT2D eigenvalue weighted by Crippen LogP contribution is -2.26. The quantitative estimate of drug-likeness (QED) is 0.203. The fraction of sp³-hybridized carbons (Fsp3) is 0.0227. The van der Waals surface area contributed by atoms with Gasteiger partial charge in [0.05, 0.1) is 5.41 Å². The number of hydrogen-bond donors (Lipinski definition) is 0. The summed E-state index contributed by atoms with van der Waals surface area (Å²) in [6, 6.07) is 58.5. The Morgan fingerprint density at radius 2 is 0.745 bits per heavy atom. The summed E-state index contributed by atoms with van der Waals surface area (Å²) in [6.45, 7) is 0. The van der Waals surface area contributed by atoms with Gasteiger partial charge in [-0.2, -0.15) is 0 Å². The molecular weight excluding hydrogens is 571 g/mol. The Labute approximate surface area is 272 Å². The van der Waals surface area contributed by atoms with Crippen LogP contribution in [0.3, 0.4) is 0 Å². The summed E-state index contributed by atoms with van der Waals surface area (Å²) in [5.74, 6) is 1.99. The molecular formula is C44H27N3. The van der Waals surface area contributed by atoms with Crippen LogP contribution in [0.1, 0.15) is 22.3 Å². The molecule has 8 aromatic rings. The van der Waals surface area contributed by atoms with Gasteiger partial charge >= 0.3 is 0 Å². The minimum atomic E-state index is -0.463. The predicted molar refractivity (Wildman–Crippen MR) is 190 cm³/mol. The van der Waals surface area contributed by atoms with Crippen molar-refractivity contribution in [3.05, 3.63) is 186 Å². The summed E-state index contributed by atoms with van der Waals surface area (Å²) in [5.41, 5.74) is 12.8. The zero-order valence-corrected chi connectivity index (χ0v) is 25.4. The highest BCUT2D eigenvalue weighted by atomic mass is 15.0. The van der Waals surface area contributed by atoms with Gasteiger partial charge in [0, 0.05) is 16.7 Å². The Hall–Kier alpha value is -6.19. The van der Waals surface area contributed by atoms with Gasteiger partial charge in [-0.05, 0) is 73.5 Å². The van der Waals surface area contributed by atoms with Crippen LogP contribution in [0.5, 0.6) is 0 Å². The van der Waals surface area contributed by atoms with Crippen molar-refractivity contribution < 1.29 is 0 Å². The molecule has 0 radical (unpaired) electrons. The Bertz CT molecular complexity index is 2460. The number of fused-ring (bicyclic) bond motifs is 11. The third-order valence-electron chi connectivity index (χ3n) is 9.91. The molecule has 218 valence electrons. The first-order chi connectivity index (χ1) is 23.3. The molecule has 2 aliphatic rings. The molecule has 10 rings (SSSR count). The molecule has 0 amide bonds. The second-order valence-corrected chi connectivity index (χ2v) is 12.4. The van der Waals surface area contributed by atoms with Gasteiger partial charge in [-0.25, -0.2) is 15.0 Å². The number of rotatable bonds is 3. The van der Waals surface area contributed by atoms with E-state index in [-0.39, 0.29) is 0 Å². The van der Waals surface area contributed by atoms with Gasteiger partial charge in [0.1, 0.15) is 0 Å². The van der Waals surface area contributed by atoms with E-state index in [1.54, 1.807) is 0 Å². The van der Waals surface area contributed by atoms with Crippen molar-refractivity contribution in [3.63, 3.8) is 0 Å². The van der Waals surface area contributed by atoms with Crippen LogP contribution < -0.4 is 0 Å². The molecule has 1 unspecified atom stereocenters. The lowest BCUT2D eigenvalue weighted by Gasteiger charge is -2.31. The van der Waals surface area contributed by atoms with Gasteiger partial charge < -0.3 is 0 Å². The van der Waals surface area contributed by atoms with Gasteiger partial charge in [-0.1, -0.05) is 146 Å². The highest BCUT2D eigenvalue weighted by molar-refractivity contribution is 6.00. The van der Waals surface area contributed by atoms with Crippen LogP contribution in [0, 0.1) is 0 Å². The van der Waals surface area contributed by atoms with E-state index >= 15 is 0 Å². The molecule has 0 N–H and O–H groups in total. The van der Waals surface area contributed by atoms with Crippen molar-refractivity contribution in [3.8, 4) is 56.4 Å². The average Bonchev–Trinajstić information content (AvgIpc) is 3.61. The Balaban J connectivity index is 1.27. The molecule has 0 fully saturated rings. The van der Waals surface area contributed by atoms with Gasteiger partial charge in [0.15, 0.2) is 17.5 Å². The second kappa shape index (κ2) is 9.90. The van der Waals surface area contributed by atoms with Gasteiger partial charge in [-0.3, -0.25) is 0 Å². The molecule has 0 saturated carbocycles. The zero-order valence-electron chi connectivity index (χ0n) is 25.4. The summed E-state index contributed by atoms with van der Waals surface area (Å²) < 4.78 is 0. The van der Waals surface area contributed by atoms with Crippen LogP contribution in [0.15, 0.2) is 164 Å². The molecule has 1 spiro atoms. The molecule has 3 nitrogen and oxygen atoms in total. The number of nitrogens with zero attached hydrogens (tertiary/aromatic N) is 3. The van der Waals surface area contributed by atoms with E-state index in [2.05, 4.69) is 127 Å². The van der Waals surface area contributed by atoms with E-state index in [1.165, 1.54) is 55.3 Å². The largest absolute Gasteiger partial charge is 0.208 e. The molecule has 47 heavy (non-hydrogen) atoms. The molecule has 1 heterocycles. The minimum Gasteiger partial charge on any atom is -0.208 e. The van der Waals surface area contributed by atoms with Gasteiger partial charge in [-0.15, -0.1) is 0 Å². The van der Waals surface area contributed by atoms with Crippen LogP contribution in [0.25, 0.3) is 67.2 Å². The summed E-state index contributed by atoms with van der Waals surface area (Å²) in [5, 5.41) is 2.50. The summed E-state index contributed by atoms with van der Waals surface area (Å²) in [6.07, 6.45) is 0. The Morgan fingerprint density at radius 1 is 0.298 bits per heavy atom. The second-order valence-electron chi connectivity index (χ2n) is 12.4. The van der Waals surface area contributed by atoms with Crippen molar-refractivity contribution in [2.75, 3.05) is 0 Å². The lowest BCUT2D eigenvalue weighted by molar-refractivity contribution is 0.795. The van der Waals surface area contributed by atoms with E-state index in [0.29, 0.717) is 17.5 Å². The molecule has 7 aromatic carbocycles. The molecule has 0 aliphatic heterocycles. The summed E-state index contributed by atoms with van der Waals surface area (Å²) >= 11 is 0. The predicted octanol–water partition coefficient (Wildman–Crippen LogP) is 10.4. The Morgan fingerprint density at radius 3 is 1.36 bits per heavy atom. The molecule has 0 bridgehead atoms. The fourth-order valence-electron chi connectivity index (χ4n) is 7.90. The monoisotopic (exact) mass is 597 g/mol. The first-order valence-corrected chi connectivity index (χ1v) is 16.0. The van der Waals surface area contributed by atoms with Gasteiger partial charge in [0.2, 0.25) is 0 Å². The van der Waals surface area contributed by atoms with E-state index in [9.17, 15) is 0 Å². The molecule has 2 aliphatic carbocycles. The maximum Gasteiger partial charge on any atom is 0.164 e. The number of aromatic nitrogens is 3. The first-order valence-electron chi connectivity index (χ1n) is 16.0. The third-order valence-corrected chi connectivity index (χ3v) is 9.91. The fourth-order valence-corrected chi connectivity index (χ4v) is 7.90. The van der Waals surface area contributed by atoms with Gasteiger partial charge in [0.25, 0.3) is 0 Å². The molecule has 1 aromatic heterocycles. The number of hydrogen-bond acceptors (Lipinski definition) is 3. The van der Waals surface area contributed by atoms with Crippen LogP contribution in [-0.2, 0) is 5.41 Å². The zero-order chi connectivity index (χ0) is 31.0. The maximum atomic E-state index is 5.10. The van der Waals surface area contributed by atoms with Crippen molar-refractivity contribution in [1.82, 2.24) is 15.0 Å². The smallest absolute Gasteiger partial charge is 0.164 e. The lowest BCUT2D eigenvalue weighted by atomic mass is 9.70. The topological polar surface area (TPSA) is 38.7 Å². The van der Waals surface area contributed by atoms with Crippen LogP contribution >= 0.6 is 0 Å². The van der Waals surface area contributed by atoms with Crippen LogP contribution in [0.2, 0.25) is 0 Å². The van der Waals surface area contributed by atoms with E-state index in [4.69, 9.17) is 15.0 Å². The van der Waals surface area contributed by atoms with Crippen LogP contribution in [-0.4, -0.2) is 15.0 Å². The Kier molecular flexibility index (Phi) is 5.49. The van der Waals surface area contributed by atoms with Crippen molar-refractivity contribution >= 4 is 10.8 Å². The minimum absolute atomic E-state index is 0.463. The van der Waals surface area contributed by atoms with Crippen molar-refractivity contribution in [1.29, 1.82) is 0 Å².